The van der Waals surface area contributed by atoms with Gasteiger partial charge in [-0.3, -0.25) is 10.1 Å². The molecular weight excluding hydrogens is 328 g/mol. The predicted octanol–water partition coefficient (Wildman–Crippen LogP) is 6.63. The third-order valence-corrected chi connectivity index (χ3v) is 5.95. The third kappa shape index (κ3) is 8.39. The first-order valence-corrected chi connectivity index (χ1v) is 10.4. The van der Waals surface area contributed by atoms with E-state index in [0.29, 0.717) is 19.4 Å². The zero-order valence-corrected chi connectivity index (χ0v) is 18.5. The van der Waals surface area contributed by atoms with Crippen LogP contribution in [0.15, 0.2) is 0 Å². The Hall–Kier alpha value is -0.610. The van der Waals surface area contributed by atoms with Crippen molar-refractivity contribution in [2.24, 2.45) is 16.2 Å². The second-order valence-corrected chi connectivity index (χ2v) is 9.70. The molecule has 0 rings (SSSR count). The lowest BCUT2D eigenvalue weighted by atomic mass is 9.52. The molecule has 0 bridgehead atoms. The van der Waals surface area contributed by atoms with E-state index >= 15 is 0 Å². The molecule has 4 nitrogen and oxygen atoms in total. The maximum atomic E-state index is 12.2. The highest BCUT2D eigenvalue weighted by Crippen LogP contribution is 2.54. The lowest BCUT2D eigenvalue weighted by molar-refractivity contribution is -0.287. The second-order valence-electron chi connectivity index (χ2n) is 9.70. The number of carbonyl (C=O) groups is 1. The molecule has 0 amide bonds. The summed E-state index contributed by atoms with van der Waals surface area (Å²) in [5, 5.41) is 9.16. The molecule has 1 N–H and O–H groups in total. The fraction of sp³-hybridized carbons (Fsp3) is 0.955. The normalized spacial score (nSPS) is 13.1. The van der Waals surface area contributed by atoms with Gasteiger partial charge in [-0.1, -0.05) is 87.0 Å². The predicted molar refractivity (Wildman–Crippen MR) is 108 cm³/mol. The summed E-state index contributed by atoms with van der Waals surface area (Å²) in [6, 6.07) is 0. The van der Waals surface area contributed by atoms with Gasteiger partial charge in [-0.05, 0) is 23.7 Å². The van der Waals surface area contributed by atoms with Gasteiger partial charge in [0, 0.05) is 11.8 Å². The largest absolute Gasteiger partial charge is 0.466 e. The maximum Gasteiger partial charge on any atom is 0.305 e. The molecule has 0 aromatic rings. The van der Waals surface area contributed by atoms with E-state index in [4.69, 9.17) is 9.99 Å². The summed E-state index contributed by atoms with van der Waals surface area (Å²) in [5.41, 5.74) is -0.563. The van der Waals surface area contributed by atoms with Crippen LogP contribution in [0.1, 0.15) is 106 Å². The minimum absolute atomic E-state index is 0.118. The lowest BCUT2D eigenvalue weighted by Crippen LogP contribution is -2.50. The molecule has 156 valence electrons. The summed E-state index contributed by atoms with van der Waals surface area (Å²) >= 11 is 0. The minimum Gasteiger partial charge on any atom is -0.466 e. The Morgan fingerprint density at radius 3 is 1.81 bits per heavy atom. The van der Waals surface area contributed by atoms with E-state index in [-0.39, 0.29) is 28.8 Å². The Morgan fingerprint density at radius 2 is 1.35 bits per heavy atom. The van der Waals surface area contributed by atoms with Gasteiger partial charge in [-0.15, -0.1) is 0 Å². The molecule has 0 aliphatic rings. The first-order chi connectivity index (χ1) is 12.0. The van der Waals surface area contributed by atoms with Crippen molar-refractivity contribution in [2.45, 2.75) is 106 Å². The van der Waals surface area contributed by atoms with Gasteiger partial charge in [0.2, 0.25) is 0 Å². The number of carbonyl (C=O) groups excluding carboxylic acids is 1. The van der Waals surface area contributed by atoms with Crippen LogP contribution >= 0.6 is 0 Å². The summed E-state index contributed by atoms with van der Waals surface area (Å²) in [6.45, 7) is 15.8. The SMILES string of the molecule is CCCCCCCCCOC(=O)CCC(COO)(C(C)(C)C)C(C)(C)C. The monoisotopic (exact) mass is 372 g/mol. The molecular formula is C22H44O4. The van der Waals surface area contributed by atoms with Crippen molar-refractivity contribution in [3.63, 3.8) is 0 Å². The van der Waals surface area contributed by atoms with Crippen LogP contribution in [0.25, 0.3) is 0 Å². The van der Waals surface area contributed by atoms with Crippen molar-refractivity contribution in [1.82, 2.24) is 0 Å². The molecule has 0 heterocycles. The number of ether oxygens (including phenoxy) is 1. The van der Waals surface area contributed by atoms with Crippen LogP contribution in [-0.4, -0.2) is 24.4 Å². The van der Waals surface area contributed by atoms with Gasteiger partial charge in [0.05, 0.1) is 13.2 Å². The molecule has 0 saturated carbocycles. The van der Waals surface area contributed by atoms with E-state index in [9.17, 15) is 4.79 Å². The zero-order chi connectivity index (χ0) is 20.3. The van der Waals surface area contributed by atoms with Crippen molar-refractivity contribution < 1.29 is 19.7 Å². The van der Waals surface area contributed by atoms with Gasteiger partial charge >= 0.3 is 5.97 Å². The molecule has 4 heteroatoms. The van der Waals surface area contributed by atoms with Gasteiger partial charge in [0.25, 0.3) is 0 Å². The van der Waals surface area contributed by atoms with E-state index < -0.39 is 0 Å². The minimum atomic E-state index is -0.326. The molecule has 0 aliphatic carbocycles. The van der Waals surface area contributed by atoms with Crippen LogP contribution in [0.3, 0.4) is 0 Å². The quantitative estimate of drug-likeness (QED) is 0.171. The topological polar surface area (TPSA) is 55.8 Å². The third-order valence-electron chi connectivity index (χ3n) is 5.95. The first-order valence-electron chi connectivity index (χ1n) is 10.4. The number of esters is 1. The van der Waals surface area contributed by atoms with Crippen LogP contribution in [0.2, 0.25) is 0 Å². The average Bonchev–Trinajstić information content (AvgIpc) is 2.51. The summed E-state index contributed by atoms with van der Waals surface area (Å²) in [5.74, 6) is -0.146. The maximum absolute atomic E-state index is 12.2. The Labute approximate surface area is 162 Å². The Morgan fingerprint density at radius 1 is 0.846 bits per heavy atom. The summed E-state index contributed by atoms with van der Waals surface area (Å²) in [7, 11) is 0. The van der Waals surface area contributed by atoms with Gasteiger partial charge in [0.1, 0.15) is 0 Å². The van der Waals surface area contributed by atoms with E-state index in [1.165, 1.54) is 32.1 Å². The Bertz CT molecular complexity index is 363. The molecule has 0 aromatic carbocycles. The highest BCUT2D eigenvalue weighted by molar-refractivity contribution is 5.69. The van der Waals surface area contributed by atoms with E-state index in [1.54, 1.807) is 0 Å². The van der Waals surface area contributed by atoms with Crippen molar-refractivity contribution >= 4 is 5.97 Å². The number of rotatable bonds is 13. The van der Waals surface area contributed by atoms with Crippen LogP contribution in [0, 0.1) is 16.2 Å². The molecule has 0 radical (unpaired) electrons. The average molecular weight is 373 g/mol. The van der Waals surface area contributed by atoms with Crippen LogP contribution in [-0.2, 0) is 14.4 Å². The van der Waals surface area contributed by atoms with Crippen LogP contribution < -0.4 is 0 Å². The number of hydrogen-bond donors (Lipinski definition) is 1. The highest BCUT2D eigenvalue weighted by Gasteiger charge is 2.50. The van der Waals surface area contributed by atoms with Gasteiger partial charge in [-0.25, -0.2) is 4.89 Å². The second kappa shape index (κ2) is 12.0. The molecule has 0 aliphatic heterocycles. The lowest BCUT2D eigenvalue weighted by Gasteiger charge is -2.53. The molecule has 0 fully saturated rings. The molecule has 26 heavy (non-hydrogen) atoms. The van der Waals surface area contributed by atoms with Gasteiger partial charge in [-0.2, -0.15) is 0 Å². The van der Waals surface area contributed by atoms with Gasteiger partial charge in [0.15, 0.2) is 0 Å². The smallest absolute Gasteiger partial charge is 0.305 e. The summed E-state index contributed by atoms with van der Waals surface area (Å²) in [6.07, 6.45) is 9.46. The molecule has 0 spiro atoms. The van der Waals surface area contributed by atoms with Crippen LogP contribution in [0.4, 0.5) is 0 Å². The van der Waals surface area contributed by atoms with E-state index in [2.05, 4.69) is 53.4 Å². The van der Waals surface area contributed by atoms with E-state index in [1.807, 2.05) is 0 Å². The molecule has 0 unspecified atom stereocenters. The van der Waals surface area contributed by atoms with Crippen molar-refractivity contribution in [3.8, 4) is 0 Å². The van der Waals surface area contributed by atoms with Crippen molar-refractivity contribution in [3.05, 3.63) is 0 Å². The molecule has 0 saturated heterocycles. The standard InChI is InChI=1S/C22H44O4/c1-8-9-10-11-12-13-14-17-25-19(23)15-16-22(18-26-24,20(2,3)4)21(5,6)7/h24H,8-18H2,1-7H3. The fourth-order valence-corrected chi connectivity index (χ4v) is 4.12. The number of hydrogen-bond acceptors (Lipinski definition) is 4. The zero-order valence-electron chi connectivity index (χ0n) is 18.5. The summed E-state index contributed by atoms with van der Waals surface area (Å²) < 4.78 is 5.43. The van der Waals surface area contributed by atoms with Crippen LogP contribution in [0.5, 0.6) is 0 Å². The highest BCUT2D eigenvalue weighted by atomic mass is 17.1. The first kappa shape index (κ1) is 25.4. The molecule has 0 atom stereocenters. The van der Waals surface area contributed by atoms with Crippen molar-refractivity contribution in [1.29, 1.82) is 0 Å². The fourth-order valence-electron chi connectivity index (χ4n) is 4.12. The Kier molecular flexibility index (Phi) is 11.7. The summed E-state index contributed by atoms with van der Waals surface area (Å²) in [4.78, 5) is 16.8. The van der Waals surface area contributed by atoms with Gasteiger partial charge < -0.3 is 4.74 Å². The number of unbranched alkanes of at least 4 members (excludes halogenated alkanes) is 6. The Balaban J connectivity index is 4.38. The van der Waals surface area contributed by atoms with E-state index in [0.717, 1.165) is 12.8 Å². The molecule has 0 aromatic heterocycles. The van der Waals surface area contributed by atoms with Crippen molar-refractivity contribution in [2.75, 3.05) is 13.2 Å².